The highest BCUT2D eigenvalue weighted by molar-refractivity contribution is 5.78. The van der Waals surface area contributed by atoms with Crippen molar-refractivity contribution in [3.8, 4) is 5.75 Å². The first-order chi connectivity index (χ1) is 10.2. The number of fused-ring (bicyclic) bond motifs is 1. The Balaban J connectivity index is 1.92. The first-order valence-electron chi connectivity index (χ1n) is 6.94. The van der Waals surface area contributed by atoms with E-state index in [0.29, 0.717) is 0 Å². The van der Waals surface area contributed by atoms with Gasteiger partial charge in [0.15, 0.2) is 0 Å². The summed E-state index contributed by atoms with van der Waals surface area (Å²) in [6, 6.07) is 13.0. The first kappa shape index (κ1) is 13.3. The third kappa shape index (κ3) is 2.63. The fourth-order valence-corrected chi connectivity index (χ4v) is 2.51. The molecule has 3 rings (SSSR count). The molecule has 5 heteroatoms. The quantitative estimate of drug-likeness (QED) is 0.594. The SMILES string of the molecule is CCC(Nc1ccc2[nH]c(=O)[nH]c2c1)c1ccccc1O. The Morgan fingerprint density at radius 3 is 2.67 bits per heavy atom. The number of aromatic nitrogens is 2. The number of H-pyrrole nitrogens is 2. The maximum absolute atomic E-state index is 11.3. The Bertz CT molecular complexity index is 820. The van der Waals surface area contributed by atoms with Crippen molar-refractivity contribution in [3.05, 3.63) is 58.5 Å². The van der Waals surface area contributed by atoms with E-state index < -0.39 is 0 Å². The highest BCUT2D eigenvalue weighted by Gasteiger charge is 2.13. The van der Waals surface area contributed by atoms with Crippen molar-refractivity contribution in [2.24, 2.45) is 0 Å². The van der Waals surface area contributed by atoms with Crippen LogP contribution in [-0.2, 0) is 0 Å². The van der Waals surface area contributed by atoms with E-state index >= 15 is 0 Å². The molecule has 0 aliphatic heterocycles. The van der Waals surface area contributed by atoms with E-state index in [9.17, 15) is 9.90 Å². The van der Waals surface area contributed by atoms with Gasteiger partial charge in [-0.05, 0) is 30.7 Å². The molecule has 0 bridgehead atoms. The van der Waals surface area contributed by atoms with Crippen molar-refractivity contribution in [2.75, 3.05) is 5.32 Å². The molecule has 0 radical (unpaired) electrons. The van der Waals surface area contributed by atoms with Crippen LogP contribution < -0.4 is 11.0 Å². The average molecular weight is 283 g/mol. The van der Waals surface area contributed by atoms with Crippen molar-refractivity contribution in [2.45, 2.75) is 19.4 Å². The van der Waals surface area contributed by atoms with Crippen LogP contribution in [0.1, 0.15) is 24.9 Å². The second-order valence-electron chi connectivity index (χ2n) is 5.00. The highest BCUT2D eigenvalue weighted by Crippen LogP contribution is 2.29. The zero-order valence-electron chi connectivity index (χ0n) is 11.7. The zero-order valence-corrected chi connectivity index (χ0v) is 11.7. The first-order valence-corrected chi connectivity index (χ1v) is 6.94. The number of aromatic amines is 2. The summed E-state index contributed by atoms with van der Waals surface area (Å²) in [4.78, 5) is 16.7. The lowest BCUT2D eigenvalue weighted by Gasteiger charge is -2.19. The molecule has 21 heavy (non-hydrogen) atoms. The van der Waals surface area contributed by atoms with Crippen LogP contribution in [0, 0.1) is 0 Å². The molecular formula is C16H17N3O2. The number of benzene rings is 2. The molecule has 1 unspecified atom stereocenters. The number of para-hydroxylation sites is 1. The molecule has 3 aromatic rings. The second-order valence-corrected chi connectivity index (χ2v) is 5.00. The Kier molecular flexibility index (Phi) is 3.39. The molecule has 5 nitrogen and oxygen atoms in total. The molecule has 2 aromatic carbocycles. The summed E-state index contributed by atoms with van der Waals surface area (Å²) in [7, 11) is 0. The predicted molar refractivity (Wildman–Crippen MR) is 83.7 cm³/mol. The molecule has 0 aliphatic carbocycles. The molecule has 0 saturated carbocycles. The van der Waals surface area contributed by atoms with Crippen molar-refractivity contribution in [1.29, 1.82) is 0 Å². The monoisotopic (exact) mass is 283 g/mol. The second kappa shape index (κ2) is 5.36. The molecule has 1 aromatic heterocycles. The minimum Gasteiger partial charge on any atom is -0.508 e. The number of rotatable bonds is 4. The summed E-state index contributed by atoms with van der Waals surface area (Å²) < 4.78 is 0. The molecule has 0 fully saturated rings. The van der Waals surface area contributed by atoms with Gasteiger partial charge in [-0.2, -0.15) is 0 Å². The normalized spacial score (nSPS) is 12.4. The Morgan fingerprint density at radius 1 is 1.14 bits per heavy atom. The van der Waals surface area contributed by atoms with E-state index in [2.05, 4.69) is 22.2 Å². The number of phenols is 1. The van der Waals surface area contributed by atoms with Crippen molar-refractivity contribution < 1.29 is 5.11 Å². The fraction of sp³-hybridized carbons (Fsp3) is 0.188. The maximum atomic E-state index is 11.3. The van der Waals surface area contributed by atoms with Crippen LogP contribution in [0.25, 0.3) is 11.0 Å². The van der Waals surface area contributed by atoms with Gasteiger partial charge in [-0.25, -0.2) is 4.79 Å². The molecule has 4 N–H and O–H groups in total. The third-order valence-corrected chi connectivity index (χ3v) is 3.58. The van der Waals surface area contributed by atoms with E-state index in [1.807, 2.05) is 36.4 Å². The van der Waals surface area contributed by atoms with Gasteiger partial charge in [-0.15, -0.1) is 0 Å². The standard InChI is InChI=1S/C16H17N3O2/c1-2-12(11-5-3-4-6-15(11)20)17-10-7-8-13-14(9-10)19-16(21)18-13/h3-9,12,17,20H,2H2,1H3,(H2,18,19,21). The molecule has 1 heterocycles. The summed E-state index contributed by atoms with van der Waals surface area (Å²) >= 11 is 0. The van der Waals surface area contributed by atoms with Gasteiger partial charge in [0.05, 0.1) is 17.1 Å². The summed E-state index contributed by atoms with van der Waals surface area (Å²) in [6.07, 6.45) is 0.833. The maximum Gasteiger partial charge on any atom is 0.323 e. The van der Waals surface area contributed by atoms with Crippen molar-refractivity contribution in [1.82, 2.24) is 9.97 Å². The largest absolute Gasteiger partial charge is 0.508 e. The van der Waals surface area contributed by atoms with Gasteiger partial charge < -0.3 is 20.4 Å². The number of phenolic OH excluding ortho intramolecular Hbond substituents is 1. The van der Waals surface area contributed by atoms with E-state index in [0.717, 1.165) is 28.7 Å². The topological polar surface area (TPSA) is 80.9 Å². The van der Waals surface area contributed by atoms with Gasteiger partial charge in [0.1, 0.15) is 5.75 Å². The number of hydrogen-bond donors (Lipinski definition) is 4. The molecule has 0 spiro atoms. The fourth-order valence-electron chi connectivity index (χ4n) is 2.51. The summed E-state index contributed by atoms with van der Waals surface area (Å²) in [5.74, 6) is 0.285. The smallest absolute Gasteiger partial charge is 0.323 e. The van der Waals surface area contributed by atoms with Crippen LogP contribution in [0.4, 0.5) is 5.69 Å². The van der Waals surface area contributed by atoms with Gasteiger partial charge in [0, 0.05) is 11.3 Å². The minimum atomic E-state index is -0.213. The van der Waals surface area contributed by atoms with E-state index in [4.69, 9.17) is 0 Å². The van der Waals surface area contributed by atoms with Crippen LogP contribution in [0.2, 0.25) is 0 Å². The van der Waals surface area contributed by atoms with Crippen molar-refractivity contribution >= 4 is 16.7 Å². The van der Waals surface area contributed by atoms with Crippen LogP contribution in [-0.4, -0.2) is 15.1 Å². The minimum absolute atomic E-state index is 0.00862. The Hall–Kier alpha value is -2.69. The number of nitrogens with one attached hydrogen (secondary N) is 3. The van der Waals surface area contributed by atoms with Crippen molar-refractivity contribution in [3.63, 3.8) is 0 Å². The molecule has 1 atom stereocenters. The van der Waals surface area contributed by atoms with Gasteiger partial charge >= 0.3 is 5.69 Å². The summed E-state index contributed by atoms with van der Waals surface area (Å²) in [6.45, 7) is 2.06. The van der Waals surface area contributed by atoms with Gasteiger partial charge in [0.25, 0.3) is 0 Å². The lowest BCUT2D eigenvalue weighted by atomic mass is 10.0. The highest BCUT2D eigenvalue weighted by atomic mass is 16.3. The average Bonchev–Trinajstić information content (AvgIpc) is 2.85. The molecular weight excluding hydrogens is 266 g/mol. The lowest BCUT2D eigenvalue weighted by molar-refractivity contribution is 0.463. The van der Waals surface area contributed by atoms with E-state index in [1.54, 1.807) is 6.07 Å². The Morgan fingerprint density at radius 2 is 1.90 bits per heavy atom. The third-order valence-electron chi connectivity index (χ3n) is 3.58. The van der Waals surface area contributed by atoms with Crippen LogP contribution in [0.3, 0.4) is 0 Å². The number of hydrogen-bond acceptors (Lipinski definition) is 3. The van der Waals surface area contributed by atoms with E-state index in [1.165, 1.54) is 0 Å². The predicted octanol–water partition coefficient (Wildman–Crippen LogP) is 3.13. The molecule has 0 saturated heterocycles. The molecule has 0 amide bonds. The van der Waals surface area contributed by atoms with Gasteiger partial charge in [0.2, 0.25) is 0 Å². The number of imidazole rings is 1. The molecule has 108 valence electrons. The van der Waals surface area contributed by atoms with Crippen LogP contribution >= 0.6 is 0 Å². The number of aromatic hydroxyl groups is 1. The number of anilines is 1. The summed E-state index contributed by atoms with van der Waals surface area (Å²) in [5, 5.41) is 13.4. The molecule has 0 aliphatic rings. The van der Waals surface area contributed by atoms with E-state index in [-0.39, 0.29) is 17.5 Å². The van der Waals surface area contributed by atoms with Gasteiger partial charge in [-0.3, -0.25) is 0 Å². The lowest BCUT2D eigenvalue weighted by Crippen LogP contribution is -2.09. The van der Waals surface area contributed by atoms with Crippen LogP contribution in [0.15, 0.2) is 47.3 Å². The van der Waals surface area contributed by atoms with Crippen LogP contribution in [0.5, 0.6) is 5.75 Å². The van der Waals surface area contributed by atoms with Gasteiger partial charge in [-0.1, -0.05) is 25.1 Å². The summed E-state index contributed by atoms with van der Waals surface area (Å²) in [5.41, 5.74) is 3.09. The Labute approximate surface area is 121 Å². The zero-order chi connectivity index (χ0) is 14.8.